The Morgan fingerprint density at radius 1 is 0.947 bits per heavy atom. The second kappa shape index (κ2) is 12.9. The highest BCUT2D eigenvalue weighted by molar-refractivity contribution is 7.92. The SMILES string of the molecule is CC[C@H](C)NC(=O)[C@@H](C)N(Cc1ccc(Cl)cc1)C(=O)CN(c1ccccc1F)S(=O)(=O)c1ccccc1. The van der Waals surface area contributed by atoms with E-state index in [-0.39, 0.29) is 29.1 Å². The van der Waals surface area contributed by atoms with E-state index in [0.29, 0.717) is 17.0 Å². The monoisotopic (exact) mass is 559 g/mol. The molecule has 202 valence electrons. The maximum atomic E-state index is 14.9. The molecule has 0 aliphatic rings. The van der Waals surface area contributed by atoms with Gasteiger partial charge in [-0.2, -0.15) is 0 Å². The molecule has 0 saturated heterocycles. The number of sulfonamides is 1. The highest BCUT2D eigenvalue weighted by Crippen LogP contribution is 2.27. The Balaban J connectivity index is 2.02. The number of benzene rings is 3. The number of hydrogen-bond donors (Lipinski definition) is 1. The normalized spacial score (nSPS) is 12.9. The van der Waals surface area contributed by atoms with Gasteiger partial charge in [0, 0.05) is 17.6 Å². The van der Waals surface area contributed by atoms with Gasteiger partial charge in [0.1, 0.15) is 18.4 Å². The van der Waals surface area contributed by atoms with Crippen molar-refractivity contribution < 1.29 is 22.4 Å². The van der Waals surface area contributed by atoms with Gasteiger partial charge in [-0.25, -0.2) is 12.8 Å². The molecule has 10 heteroatoms. The summed E-state index contributed by atoms with van der Waals surface area (Å²) in [6.45, 7) is 4.65. The molecule has 38 heavy (non-hydrogen) atoms. The number of anilines is 1. The smallest absolute Gasteiger partial charge is 0.264 e. The number of carbonyl (C=O) groups excluding carboxylic acids is 2. The number of nitrogens with one attached hydrogen (secondary N) is 1. The van der Waals surface area contributed by atoms with Crippen LogP contribution in [0.5, 0.6) is 0 Å². The number of carbonyl (C=O) groups is 2. The predicted molar refractivity (Wildman–Crippen MR) is 147 cm³/mol. The molecule has 0 aliphatic carbocycles. The number of nitrogens with zero attached hydrogens (tertiary/aromatic N) is 2. The fraction of sp³-hybridized carbons (Fsp3) is 0.286. The molecule has 0 aliphatic heterocycles. The maximum absolute atomic E-state index is 14.9. The summed E-state index contributed by atoms with van der Waals surface area (Å²) in [6, 6.07) is 18.5. The lowest BCUT2D eigenvalue weighted by molar-refractivity contribution is -0.139. The molecule has 0 unspecified atom stereocenters. The van der Waals surface area contributed by atoms with E-state index in [9.17, 15) is 22.4 Å². The number of amides is 2. The van der Waals surface area contributed by atoms with E-state index in [2.05, 4.69) is 5.32 Å². The molecule has 0 spiro atoms. The van der Waals surface area contributed by atoms with Gasteiger partial charge in [-0.3, -0.25) is 13.9 Å². The summed E-state index contributed by atoms with van der Waals surface area (Å²) in [5, 5.41) is 3.37. The lowest BCUT2D eigenvalue weighted by Gasteiger charge is -2.32. The van der Waals surface area contributed by atoms with Crippen LogP contribution in [0.15, 0.2) is 83.8 Å². The second-order valence-corrected chi connectivity index (χ2v) is 11.2. The summed E-state index contributed by atoms with van der Waals surface area (Å²) in [5.74, 6) is -1.86. The van der Waals surface area contributed by atoms with Gasteiger partial charge in [0.15, 0.2) is 0 Å². The van der Waals surface area contributed by atoms with Gasteiger partial charge in [0.25, 0.3) is 10.0 Å². The Bertz CT molecular complexity index is 1350. The van der Waals surface area contributed by atoms with E-state index in [4.69, 9.17) is 11.6 Å². The molecule has 1 N–H and O–H groups in total. The van der Waals surface area contributed by atoms with Crippen molar-refractivity contribution in [2.45, 2.75) is 50.7 Å². The number of halogens is 2. The fourth-order valence-corrected chi connectivity index (χ4v) is 5.29. The summed E-state index contributed by atoms with van der Waals surface area (Å²) in [4.78, 5) is 28.0. The van der Waals surface area contributed by atoms with Crippen LogP contribution in [0.4, 0.5) is 10.1 Å². The summed E-state index contributed by atoms with van der Waals surface area (Å²) >= 11 is 6.00. The number of rotatable bonds is 11. The zero-order valence-corrected chi connectivity index (χ0v) is 23.0. The maximum Gasteiger partial charge on any atom is 0.264 e. The first-order chi connectivity index (χ1) is 18.0. The molecule has 3 aromatic rings. The van der Waals surface area contributed by atoms with Gasteiger partial charge < -0.3 is 10.2 Å². The Morgan fingerprint density at radius 3 is 2.16 bits per heavy atom. The van der Waals surface area contributed by atoms with Crippen molar-refractivity contribution >= 4 is 39.1 Å². The molecule has 0 aromatic heterocycles. The zero-order valence-electron chi connectivity index (χ0n) is 21.5. The molecule has 2 atom stereocenters. The lowest BCUT2D eigenvalue weighted by atomic mass is 10.1. The lowest BCUT2D eigenvalue weighted by Crippen LogP contribution is -2.52. The van der Waals surface area contributed by atoms with Crippen LogP contribution in [0.2, 0.25) is 5.02 Å². The van der Waals surface area contributed by atoms with Crippen LogP contribution in [-0.2, 0) is 26.2 Å². The summed E-state index contributed by atoms with van der Waals surface area (Å²) in [7, 11) is -4.32. The van der Waals surface area contributed by atoms with E-state index >= 15 is 0 Å². The van der Waals surface area contributed by atoms with Crippen LogP contribution < -0.4 is 9.62 Å². The topological polar surface area (TPSA) is 86.8 Å². The molecule has 0 fully saturated rings. The van der Waals surface area contributed by atoms with Crippen LogP contribution in [0.1, 0.15) is 32.8 Å². The Kier molecular flexibility index (Phi) is 9.88. The van der Waals surface area contributed by atoms with Gasteiger partial charge in [-0.05, 0) is 62.2 Å². The first kappa shape index (κ1) is 29.1. The van der Waals surface area contributed by atoms with E-state index in [0.717, 1.165) is 10.4 Å². The van der Waals surface area contributed by atoms with Crippen LogP contribution in [0.25, 0.3) is 0 Å². The van der Waals surface area contributed by atoms with E-state index in [1.807, 2.05) is 13.8 Å². The van der Waals surface area contributed by atoms with Gasteiger partial charge in [-0.1, -0.05) is 61.0 Å². The quantitative estimate of drug-likeness (QED) is 0.358. The Hall–Kier alpha value is -3.43. The second-order valence-electron chi connectivity index (χ2n) is 8.92. The molecular weight excluding hydrogens is 529 g/mol. The Morgan fingerprint density at radius 2 is 1.55 bits per heavy atom. The van der Waals surface area contributed by atoms with E-state index in [1.54, 1.807) is 49.4 Å². The third kappa shape index (κ3) is 7.11. The van der Waals surface area contributed by atoms with Crippen molar-refractivity contribution in [2.75, 3.05) is 10.8 Å². The molecule has 0 radical (unpaired) electrons. The van der Waals surface area contributed by atoms with Crippen molar-refractivity contribution in [2.24, 2.45) is 0 Å². The summed E-state index contributed by atoms with van der Waals surface area (Å²) in [6.07, 6.45) is 0.694. The molecule has 3 aromatic carbocycles. The molecule has 3 rings (SSSR count). The van der Waals surface area contributed by atoms with Gasteiger partial charge in [0.05, 0.1) is 10.6 Å². The minimum Gasteiger partial charge on any atom is -0.352 e. The highest BCUT2D eigenvalue weighted by atomic mass is 35.5. The number of para-hydroxylation sites is 1. The molecule has 2 amide bonds. The molecule has 7 nitrogen and oxygen atoms in total. The minimum atomic E-state index is -4.32. The van der Waals surface area contributed by atoms with E-state index < -0.39 is 34.3 Å². The van der Waals surface area contributed by atoms with Crippen LogP contribution in [0, 0.1) is 5.82 Å². The zero-order chi connectivity index (χ0) is 27.9. The van der Waals surface area contributed by atoms with Crippen molar-refractivity contribution in [1.82, 2.24) is 10.2 Å². The average Bonchev–Trinajstić information content (AvgIpc) is 2.91. The van der Waals surface area contributed by atoms with Crippen molar-refractivity contribution in [3.63, 3.8) is 0 Å². The highest BCUT2D eigenvalue weighted by Gasteiger charge is 2.33. The molecule has 0 heterocycles. The van der Waals surface area contributed by atoms with Gasteiger partial charge in [-0.15, -0.1) is 0 Å². The molecule has 0 saturated carbocycles. The first-order valence-electron chi connectivity index (χ1n) is 12.2. The summed E-state index contributed by atoms with van der Waals surface area (Å²) in [5.41, 5.74) is 0.419. The minimum absolute atomic E-state index is 0.0155. The predicted octanol–water partition coefficient (Wildman–Crippen LogP) is 5.01. The van der Waals surface area contributed by atoms with Gasteiger partial charge >= 0.3 is 0 Å². The van der Waals surface area contributed by atoms with Crippen LogP contribution in [-0.4, -0.2) is 43.8 Å². The third-order valence-electron chi connectivity index (χ3n) is 6.17. The van der Waals surface area contributed by atoms with Crippen LogP contribution in [0.3, 0.4) is 0 Å². The largest absolute Gasteiger partial charge is 0.352 e. The standard InChI is InChI=1S/C28H31ClFN3O4S/c1-4-20(2)31-28(35)21(3)32(18-22-14-16-23(29)17-15-22)27(34)19-33(26-13-9-8-12-25(26)30)38(36,37)24-10-6-5-7-11-24/h5-17,20-21H,4,18-19H2,1-3H3,(H,31,35)/t20-,21+/m0/s1. The van der Waals surface area contributed by atoms with Gasteiger partial charge in [0.2, 0.25) is 11.8 Å². The number of hydrogen-bond acceptors (Lipinski definition) is 4. The average molecular weight is 560 g/mol. The Labute approximate surface area is 228 Å². The molecule has 0 bridgehead atoms. The van der Waals surface area contributed by atoms with E-state index in [1.165, 1.54) is 35.2 Å². The fourth-order valence-electron chi connectivity index (χ4n) is 3.72. The first-order valence-corrected chi connectivity index (χ1v) is 14.0. The third-order valence-corrected chi connectivity index (χ3v) is 8.19. The van der Waals surface area contributed by atoms with Crippen molar-refractivity contribution in [3.8, 4) is 0 Å². The van der Waals surface area contributed by atoms with Crippen LogP contribution >= 0.6 is 11.6 Å². The van der Waals surface area contributed by atoms with Crippen molar-refractivity contribution in [3.05, 3.63) is 95.3 Å². The summed E-state index contributed by atoms with van der Waals surface area (Å²) < 4.78 is 42.9. The molecular formula is C28H31ClFN3O4S. The van der Waals surface area contributed by atoms with Crippen molar-refractivity contribution in [1.29, 1.82) is 0 Å².